The first-order valence-corrected chi connectivity index (χ1v) is 8.69. The van der Waals surface area contributed by atoms with E-state index < -0.39 is 0 Å². The highest BCUT2D eigenvalue weighted by Gasteiger charge is 2.25. The third kappa shape index (κ3) is 3.69. The summed E-state index contributed by atoms with van der Waals surface area (Å²) in [6, 6.07) is 8.74. The first-order valence-electron chi connectivity index (χ1n) is 7.50. The number of thiophene rings is 1. The van der Waals surface area contributed by atoms with E-state index in [0.717, 1.165) is 29.7 Å². The molecule has 0 radical (unpaired) electrons. The normalized spacial score (nSPS) is 19.0. The van der Waals surface area contributed by atoms with Gasteiger partial charge in [0, 0.05) is 17.5 Å². The van der Waals surface area contributed by atoms with Gasteiger partial charge in [-0.3, -0.25) is 4.90 Å². The molecule has 2 aromatic heterocycles. The summed E-state index contributed by atoms with van der Waals surface area (Å²) in [5, 5.41) is 3.63. The standard InChI is InChI=1S/C16H21ClN2OS/c1-12(15-6-7-16(17)21-15)18-11-13(14-5-4-10-20-14)19-8-2-3-9-19/h4-7,10,12-13,18H,2-3,8-9,11H2,1H3. The van der Waals surface area contributed by atoms with Crippen molar-refractivity contribution in [1.29, 1.82) is 0 Å². The fourth-order valence-corrected chi connectivity index (χ4v) is 3.98. The lowest BCUT2D eigenvalue weighted by atomic mass is 10.1. The van der Waals surface area contributed by atoms with E-state index in [1.807, 2.05) is 12.1 Å². The molecule has 0 spiro atoms. The Bertz CT molecular complexity index is 548. The van der Waals surface area contributed by atoms with Crippen molar-refractivity contribution in [3.05, 3.63) is 45.5 Å². The van der Waals surface area contributed by atoms with Gasteiger partial charge in [-0.15, -0.1) is 11.3 Å². The molecule has 1 saturated heterocycles. The van der Waals surface area contributed by atoms with Gasteiger partial charge in [-0.25, -0.2) is 0 Å². The lowest BCUT2D eigenvalue weighted by Gasteiger charge is -2.27. The quantitative estimate of drug-likeness (QED) is 0.849. The van der Waals surface area contributed by atoms with Gasteiger partial charge in [-0.1, -0.05) is 11.6 Å². The van der Waals surface area contributed by atoms with Crippen molar-refractivity contribution in [3.63, 3.8) is 0 Å². The molecule has 114 valence electrons. The fourth-order valence-electron chi connectivity index (χ4n) is 2.89. The highest BCUT2D eigenvalue weighted by molar-refractivity contribution is 7.16. The molecule has 1 fully saturated rings. The lowest BCUT2D eigenvalue weighted by Crippen LogP contribution is -2.34. The zero-order valence-electron chi connectivity index (χ0n) is 12.2. The Kier molecular flexibility index (Phi) is 5.01. The third-order valence-corrected chi connectivity index (χ3v) is 5.51. The molecule has 0 aliphatic carbocycles. The van der Waals surface area contributed by atoms with Gasteiger partial charge in [0.25, 0.3) is 0 Å². The molecule has 3 nitrogen and oxygen atoms in total. The number of halogens is 1. The van der Waals surface area contributed by atoms with Gasteiger partial charge in [0.15, 0.2) is 0 Å². The Morgan fingerprint density at radius 2 is 2.14 bits per heavy atom. The molecular weight excluding hydrogens is 304 g/mol. The minimum atomic E-state index is 0.308. The van der Waals surface area contributed by atoms with Crippen molar-refractivity contribution in [2.24, 2.45) is 0 Å². The Morgan fingerprint density at radius 3 is 2.76 bits per heavy atom. The number of likely N-dealkylation sites (tertiary alicyclic amines) is 1. The summed E-state index contributed by atoms with van der Waals surface area (Å²) in [6.45, 7) is 5.40. The average molecular weight is 325 g/mol. The van der Waals surface area contributed by atoms with Crippen LogP contribution in [0.3, 0.4) is 0 Å². The van der Waals surface area contributed by atoms with Crippen LogP contribution in [-0.2, 0) is 0 Å². The molecule has 1 aliphatic rings. The number of rotatable bonds is 6. The highest BCUT2D eigenvalue weighted by Crippen LogP contribution is 2.29. The summed E-state index contributed by atoms with van der Waals surface area (Å²) in [5.41, 5.74) is 0. The van der Waals surface area contributed by atoms with Crippen molar-refractivity contribution in [2.75, 3.05) is 19.6 Å². The molecule has 21 heavy (non-hydrogen) atoms. The smallest absolute Gasteiger partial charge is 0.122 e. The van der Waals surface area contributed by atoms with Crippen LogP contribution in [0.15, 0.2) is 34.9 Å². The Labute approximate surface area is 134 Å². The number of nitrogens with zero attached hydrogens (tertiary/aromatic N) is 1. The summed E-state index contributed by atoms with van der Waals surface area (Å²) in [6.07, 6.45) is 4.33. The number of hydrogen-bond donors (Lipinski definition) is 1. The molecule has 0 bridgehead atoms. The van der Waals surface area contributed by atoms with Crippen LogP contribution in [0.25, 0.3) is 0 Å². The van der Waals surface area contributed by atoms with E-state index in [-0.39, 0.29) is 0 Å². The average Bonchev–Trinajstić information content (AvgIpc) is 3.21. The van der Waals surface area contributed by atoms with E-state index in [2.05, 4.69) is 29.3 Å². The zero-order chi connectivity index (χ0) is 14.7. The van der Waals surface area contributed by atoms with Gasteiger partial charge in [0.1, 0.15) is 5.76 Å². The summed E-state index contributed by atoms with van der Waals surface area (Å²) in [7, 11) is 0. The van der Waals surface area contributed by atoms with Crippen LogP contribution >= 0.6 is 22.9 Å². The fraction of sp³-hybridized carbons (Fsp3) is 0.500. The summed E-state index contributed by atoms with van der Waals surface area (Å²) in [5.74, 6) is 1.06. The van der Waals surface area contributed by atoms with E-state index in [1.54, 1.807) is 17.6 Å². The molecule has 2 aromatic rings. The van der Waals surface area contributed by atoms with Crippen molar-refractivity contribution >= 4 is 22.9 Å². The maximum Gasteiger partial charge on any atom is 0.122 e. The molecular formula is C16H21ClN2OS. The Morgan fingerprint density at radius 1 is 1.33 bits per heavy atom. The van der Waals surface area contributed by atoms with E-state index in [4.69, 9.17) is 16.0 Å². The number of nitrogens with one attached hydrogen (secondary N) is 1. The maximum atomic E-state index is 6.02. The molecule has 1 N–H and O–H groups in total. The van der Waals surface area contributed by atoms with Gasteiger partial charge >= 0.3 is 0 Å². The number of furan rings is 1. The molecule has 0 amide bonds. The topological polar surface area (TPSA) is 28.4 Å². The first kappa shape index (κ1) is 15.1. The third-order valence-electron chi connectivity index (χ3n) is 4.09. The van der Waals surface area contributed by atoms with Crippen LogP contribution in [0.5, 0.6) is 0 Å². The van der Waals surface area contributed by atoms with Crippen LogP contribution in [0.4, 0.5) is 0 Å². The Balaban J connectivity index is 1.64. The second-order valence-corrected chi connectivity index (χ2v) is 7.29. The van der Waals surface area contributed by atoms with Gasteiger partial charge in [0.2, 0.25) is 0 Å². The molecule has 5 heteroatoms. The van der Waals surface area contributed by atoms with Crippen LogP contribution in [-0.4, -0.2) is 24.5 Å². The van der Waals surface area contributed by atoms with E-state index in [0.29, 0.717) is 12.1 Å². The number of hydrogen-bond acceptors (Lipinski definition) is 4. The molecule has 0 saturated carbocycles. The second-order valence-electron chi connectivity index (χ2n) is 5.55. The predicted octanol–water partition coefficient (Wildman–Crippen LogP) is 4.48. The van der Waals surface area contributed by atoms with Crippen LogP contribution in [0.1, 0.15) is 42.5 Å². The van der Waals surface area contributed by atoms with Crippen molar-refractivity contribution in [2.45, 2.75) is 31.8 Å². The minimum Gasteiger partial charge on any atom is -0.468 e. The maximum absolute atomic E-state index is 6.02. The van der Waals surface area contributed by atoms with E-state index in [1.165, 1.54) is 17.7 Å². The summed E-state index contributed by atoms with van der Waals surface area (Å²) < 4.78 is 6.50. The predicted molar refractivity (Wildman–Crippen MR) is 88.0 cm³/mol. The molecule has 0 aromatic carbocycles. The van der Waals surface area contributed by atoms with Crippen LogP contribution in [0.2, 0.25) is 4.34 Å². The van der Waals surface area contributed by atoms with Crippen molar-refractivity contribution < 1.29 is 4.42 Å². The zero-order valence-corrected chi connectivity index (χ0v) is 13.8. The minimum absolute atomic E-state index is 0.308. The monoisotopic (exact) mass is 324 g/mol. The molecule has 3 rings (SSSR count). The van der Waals surface area contributed by atoms with E-state index in [9.17, 15) is 0 Å². The van der Waals surface area contributed by atoms with Gasteiger partial charge < -0.3 is 9.73 Å². The first-order chi connectivity index (χ1) is 10.2. The van der Waals surface area contributed by atoms with Crippen molar-refractivity contribution in [3.8, 4) is 0 Å². The van der Waals surface area contributed by atoms with Crippen LogP contribution in [0, 0.1) is 0 Å². The molecule has 3 heterocycles. The molecule has 1 aliphatic heterocycles. The van der Waals surface area contributed by atoms with Crippen LogP contribution < -0.4 is 5.32 Å². The van der Waals surface area contributed by atoms with Gasteiger partial charge in [-0.05, 0) is 57.1 Å². The highest BCUT2D eigenvalue weighted by atomic mass is 35.5. The summed E-state index contributed by atoms with van der Waals surface area (Å²) in [4.78, 5) is 3.79. The second kappa shape index (κ2) is 6.97. The Hall–Kier alpha value is -0.810. The van der Waals surface area contributed by atoms with Crippen molar-refractivity contribution in [1.82, 2.24) is 10.2 Å². The molecule has 2 atom stereocenters. The SMILES string of the molecule is CC(NCC(c1ccco1)N1CCCC1)c1ccc(Cl)s1. The van der Waals surface area contributed by atoms with Gasteiger partial charge in [-0.2, -0.15) is 0 Å². The van der Waals surface area contributed by atoms with E-state index >= 15 is 0 Å². The lowest BCUT2D eigenvalue weighted by molar-refractivity contribution is 0.206. The molecule has 2 unspecified atom stereocenters. The largest absolute Gasteiger partial charge is 0.468 e. The summed E-state index contributed by atoms with van der Waals surface area (Å²) >= 11 is 7.66. The van der Waals surface area contributed by atoms with Gasteiger partial charge in [0.05, 0.1) is 16.6 Å².